The largest absolute Gasteiger partial charge is 0.322 e. The molecule has 3 rings (SSSR count). The van der Waals surface area contributed by atoms with Crippen molar-refractivity contribution >= 4 is 23.4 Å². The molecular formula is C18H14F2N2O3. The first kappa shape index (κ1) is 16.8. The number of hydrogen-bond donors (Lipinski definition) is 1. The Bertz CT molecular complexity index is 882. The molecule has 2 aromatic rings. The van der Waals surface area contributed by atoms with E-state index in [1.165, 1.54) is 0 Å². The van der Waals surface area contributed by atoms with E-state index in [0.29, 0.717) is 11.1 Å². The minimum absolute atomic E-state index is 0.347. The average molecular weight is 344 g/mol. The molecule has 1 aliphatic rings. The summed E-state index contributed by atoms with van der Waals surface area (Å²) in [6.07, 6.45) is 0. The quantitative estimate of drug-likeness (QED) is 0.871. The van der Waals surface area contributed by atoms with Crippen LogP contribution in [0.4, 0.5) is 14.5 Å². The zero-order valence-electron chi connectivity index (χ0n) is 13.3. The topological polar surface area (TPSA) is 66.5 Å². The van der Waals surface area contributed by atoms with Gasteiger partial charge in [-0.2, -0.15) is 0 Å². The Morgan fingerprint density at radius 1 is 1.16 bits per heavy atom. The molecule has 2 aromatic carbocycles. The van der Waals surface area contributed by atoms with Crippen molar-refractivity contribution in [2.24, 2.45) is 0 Å². The minimum atomic E-state index is -0.815. The molecule has 0 saturated heterocycles. The Morgan fingerprint density at radius 3 is 2.64 bits per heavy atom. The van der Waals surface area contributed by atoms with Crippen molar-refractivity contribution in [3.63, 3.8) is 0 Å². The van der Waals surface area contributed by atoms with Crippen molar-refractivity contribution in [3.05, 3.63) is 65.2 Å². The second kappa shape index (κ2) is 6.43. The summed E-state index contributed by atoms with van der Waals surface area (Å²) >= 11 is 0. The van der Waals surface area contributed by atoms with Crippen LogP contribution in [0.5, 0.6) is 0 Å². The molecule has 0 aliphatic carbocycles. The van der Waals surface area contributed by atoms with E-state index in [9.17, 15) is 23.2 Å². The molecular weight excluding hydrogens is 330 g/mol. The summed E-state index contributed by atoms with van der Waals surface area (Å²) in [6, 6.07) is 9.28. The number of imide groups is 1. The number of amides is 3. The van der Waals surface area contributed by atoms with Crippen LogP contribution >= 0.6 is 0 Å². The van der Waals surface area contributed by atoms with Gasteiger partial charge in [0.25, 0.3) is 5.91 Å². The van der Waals surface area contributed by atoms with Gasteiger partial charge < -0.3 is 5.32 Å². The standard InChI is InChI=1S/C18H14F2N2O3/c1-10-12-4-2-3-5-13(12)18(25)22(17(10)24)9-16(23)21-15-8-11(19)6-7-14(15)20/h2-8,10H,9H2,1H3,(H,21,23). The van der Waals surface area contributed by atoms with Crippen LogP contribution in [-0.2, 0) is 9.59 Å². The SMILES string of the molecule is CC1C(=O)N(CC(=O)Nc2cc(F)ccc2F)C(=O)c2ccccc21. The molecule has 1 aliphatic heterocycles. The molecule has 1 unspecified atom stereocenters. The molecule has 1 heterocycles. The van der Waals surface area contributed by atoms with Gasteiger partial charge in [-0.05, 0) is 30.7 Å². The number of rotatable bonds is 3. The van der Waals surface area contributed by atoms with Gasteiger partial charge in [-0.3, -0.25) is 19.3 Å². The van der Waals surface area contributed by atoms with Crippen molar-refractivity contribution in [2.45, 2.75) is 12.8 Å². The van der Waals surface area contributed by atoms with Gasteiger partial charge in [0.2, 0.25) is 11.8 Å². The molecule has 7 heteroatoms. The Morgan fingerprint density at radius 2 is 1.88 bits per heavy atom. The van der Waals surface area contributed by atoms with Gasteiger partial charge in [0.15, 0.2) is 0 Å². The van der Waals surface area contributed by atoms with Gasteiger partial charge in [0.1, 0.15) is 18.2 Å². The number of carbonyl (C=O) groups is 3. The highest BCUT2D eigenvalue weighted by molar-refractivity contribution is 6.13. The molecule has 25 heavy (non-hydrogen) atoms. The normalized spacial score (nSPS) is 16.6. The maximum absolute atomic E-state index is 13.6. The fraction of sp³-hybridized carbons (Fsp3) is 0.167. The van der Waals surface area contributed by atoms with Crippen molar-refractivity contribution in [3.8, 4) is 0 Å². The van der Waals surface area contributed by atoms with Crippen LogP contribution in [-0.4, -0.2) is 29.2 Å². The van der Waals surface area contributed by atoms with Crippen molar-refractivity contribution in [2.75, 3.05) is 11.9 Å². The first-order valence-corrected chi connectivity index (χ1v) is 7.58. The summed E-state index contributed by atoms with van der Waals surface area (Å²) in [6.45, 7) is 1.07. The summed E-state index contributed by atoms with van der Waals surface area (Å²) in [5.41, 5.74) is 0.597. The van der Waals surface area contributed by atoms with Gasteiger partial charge in [0.05, 0.1) is 11.6 Å². The smallest absolute Gasteiger partial charge is 0.261 e. The van der Waals surface area contributed by atoms with E-state index in [-0.39, 0.29) is 5.69 Å². The molecule has 0 radical (unpaired) electrons. The van der Waals surface area contributed by atoms with Crippen molar-refractivity contribution < 1.29 is 23.2 Å². The monoisotopic (exact) mass is 344 g/mol. The molecule has 0 spiro atoms. The van der Waals surface area contributed by atoms with Crippen LogP contribution in [0.1, 0.15) is 28.8 Å². The molecule has 0 saturated carbocycles. The minimum Gasteiger partial charge on any atom is -0.322 e. The lowest BCUT2D eigenvalue weighted by Gasteiger charge is -2.30. The van der Waals surface area contributed by atoms with Crippen LogP contribution in [0.3, 0.4) is 0 Å². The van der Waals surface area contributed by atoms with Crippen LogP contribution in [0.2, 0.25) is 0 Å². The second-order valence-corrected chi connectivity index (χ2v) is 5.71. The fourth-order valence-corrected chi connectivity index (χ4v) is 2.76. The number of nitrogens with zero attached hydrogens (tertiary/aromatic N) is 1. The van der Waals surface area contributed by atoms with E-state index < -0.39 is 41.8 Å². The molecule has 1 atom stereocenters. The van der Waals surface area contributed by atoms with Crippen LogP contribution in [0.15, 0.2) is 42.5 Å². The summed E-state index contributed by atoms with van der Waals surface area (Å²) in [5.74, 6) is -4.01. The zero-order chi connectivity index (χ0) is 18.1. The fourth-order valence-electron chi connectivity index (χ4n) is 2.76. The van der Waals surface area contributed by atoms with Gasteiger partial charge in [-0.1, -0.05) is 18.2 Å². The Labute approximate surface area is 142 Å². The van der Waals surface area contributed by atoms with Crippen LogP contribution in [0.25, 0.3) is 0 Å². The Hall–Kier alpha value is -3.09. The molecule has 0 aromatic heterocycles. The zero-order valence-corrected chi connectivity index (χ0v) is 13.3. The van der Waals surface area contributed by atoms with Crippen molar-refractivity contribution in [1.29, 1.82) is 0 Å². The van der Waals surface area contributed by atoms with Gasteiger partial charge in [0, 0.05) is 11.6 Å². The number of benzene rings is 2. The summed E-state index contributed by atoms with van der Waals surface area (Å²) in [5, 5.41) is 2.18. The number of carbonyl (C=O) groups excluding carboxylic acids is 3. The second-order valence-electron chi connectivity index (χ2n) is 5.71. The average Bonchev–Trinajstić information content (AvgIpc) is 2.60. The number of hydrogen-bond acceptors (Lipinski definition) is 3. The van der Waals surface area contributed by atoms with Gasteiger partial charge in [-0.25, -0.2) is 8.78 Å². The van der Waals surface area contributed by atoms with E-state index in [4.69, 9.17) is 0 Å². The molecule has 0 bridgehead atoms. The first-order chi connectivity index (χ1) is 11.9. The van der Waals surface area contributed by atoms with Crippen LogP contribution < -0.4 is 5.32 Å². The number of anilines is 1. The third kappa shape index (κ3) is 3.13. The highest BCUT2D eigenvalue weighted by Gasteiger charge is 2.37. The van der Waals surface area contributed by atoms with E-state index in [1.54, 1.807) is 31.2 Å². The number of halogens is 2. The van der Waals surface area contributed by atoms with Gasteiger partial charge >= 0.3 is 0 Å². The van der Waals surface area contributed by atoms with E-state index in [1.807, 2.05) is 0 Å². The summed E-state index contributed by atoms with van der Waals surface area (Å²) in [4.78, 5) is 37.8. The first-order valence-electron chi connectivity index (χ1n) is 7.58. The molecule has 5 nitrogen and oxygen atoms in total. The summed E-state index contributed by atoms with van der Waals surface area (Å²) in [7, 11) is 0. The molecule has 3 amide bonds. The number of nitrogens with one attached hydrogen (secondary N) is 1. The lowest BCUT2D eigenvalue weighted by Crippen LogP contribution is -2.47. The van der Waals surface area contributed by atoms with Gasteiger partial charge in [-0.15, -0.1) is 0 Å². The molecule has 0 fully saturated rings. The van der Waals surface area contributed by atoms with Crippen LogP contribution in [0, 0.1) is 11.6 Å². The highest BCUT2D eigenvalue weighted by atomic mass is 19.1. The lowest BCUT2D eigenvalue weighted by molar-refractivity contribution is -0.133. The van der Waals surface area contributed by atoms with Crippen molar-refractivity contribution in [1.82, 2.24) is 4.90 Å². The van der Waals surface area contributed by atoms with E-state index in [0.717, 1.165) is 23.1 Å². The Kier molecular flexibility index (Phi) is 4.31. The third-order valence-corrected chi connectivity index (χ3v) is 4.04. The third-order valence-electron chi connectivity index (χ3n) is 4.04. The summed E-state index contributed by atoms with van der Waals surface area (Å²) < 4.78 is 26.8. The highest BCUT2D eigenvalue weighted by Crippen LogP contribution is 2.28. The van der Waals surface area contributed by atoms with E-state index >= 15 is 0 Å². The van der Waals surface area contributed by atoms with E-state index in [2.05, 4.69) is 5.32 Å². The Balaban J connectivity index is 1.80. The number of fused-ring (bicyclic) bond motifs is 1. The maximum atomic E-state index is 13.6. The maximum Gasteiger partial charge on any atom is 0.261 e. The predicted molar refractivity (Wildman–Crippen MR) is 85.9 cm³/mol. The molecule has 128 valence electrons. The molecule has 1 N–H and O–H groups in total. The lowest BCUT2D eigenvalue weighted by atomic mass is 9.90. The predicted octanol–water partition coefficient (Wildman–Crippen LogP) is 2.69.